The third-order valence-electron chi connectivity index (χ3n) is 2.81. The Morgan fingerprint density at radius 1 is 1.37 bits per heavy atom. The maximum absolute atomic E-state index is 11.8. The number of rotatable bonds is 6. The number of nitrogens with one attached hydrogen (secondary N) is 1. The highest BCUT2D eigenvalue weighted by atomic mass is 79.9. The van der Waals surface area contributed by atoms with Gasteiger partial charge in [0.2, 0.25) is 5.91 Å². The van der Waals surface area contributed by atoms with Crippen LogP contribution >= 0.6 is 15.9 Å². The van der Waals surface area contributed by atoms with Gasteiger partial charge in [0.15, 0.2) is 0 Å². The van der Waals surface area contributed by atoms with Crippen LogP contribution in [0, 0.1) is 11.3 Å². The summed E-state index contributed by atoms with van der Waals surface area (Å²) in [5.41, 5.74) is 1.44. The van der Waals surface area contributed by atoms with Crippen molar-refractivity contribution in [1.29, 1.82) is 5.26 Å². The van der Waals surface area contributed by atoms with Gasteiger partial charge in [-0.25, -0.2) is 0 Å². The number of hydrogen-bond donors (Lipinski definition) is 1. The maximum Gasteiger partial charge on any atom is 0.224 e. The Bertz CT molecular complexity index is 478. The predicted octanol–water partition coefficient (Wildman–Crippen LogP) is 2.99. The van der Waals surface area contributed by atoms with E-state index in [2.05, 4.69) is 27.3 Å². The summed E-state index contributed by atoms with van der Waals surface area (Å²) in [4.78, 5) is 13.6. The third-order valence-corrected chi connectivity index (χ3v) is 3.27. The molecular weight excluding hydrogens is 306 g/mol. The molecule has 0 fully saturated rings. The lowest BCUT2D eigenvalue weighted by Crippen LogP contribution is -2.31. The molecule has 102 valence electrons. The fraction of sp³-hybridized carbons (Fsp3) is 0.429. The highest BCUT2D eigenvalue weighted by Gasteiger charge is 2.08. The van der Waals surface area contributed by atoms with Gasteiger partial charge in [0.1, 0.15) is 0 Å². The predicted molar refractivity (Wildman–Crippen MR) is 79.9 cm³/mol. The van der Waals surface area contributed by atoms with Crippen molar-refractivity contribution in [3.05, 3.63) is 28.2 Å². The summed E-state index contributed by atoms with van der Waals surface area (Å²) in [6.07, 6.45) is 0.454. The molecule has 0 aromatic heterocycles. The van der Waals surface area contributed by atoms with Gasteiger partial charge in [0.05, 0.1) is 11.6 Å². The second kappa shape index (κ2) is 7.80. The Labute approximate surface area is 122 Å². The molecule has 0 heterocycles. The molecule has 0 spiro atoms. The summed E-state index contributed by atoms with van der Waals surface area (Å²) in [5, 5.41) is 12.0. The Hall–Kier alpha value is -1.54. The minimum absolute atomic E-state index is 0.146. The van der Waals surface area contributed by atoms with Crippen molar-refractivity contribution in [2.24, 2.45) is 0 Å². The van der Waals surface area contributed by atoms with E-state index in [4.69, 9.17) is 5.26 Å². The molecule has 1 rings (SSSR count). The Kier molecular flexibility index (Phi) is 6.37. The highest BCUT2D eigenvalue weighted by molar-refractivity contribution is 9.10. The molecule has 19 heavy (non-hydrogen) atoms. The van der Waals surface area contributed by atoms with Crippen molar-refractivity contribution in [2.45, 2.75) is 20.3 Å². The molecule has 1 N–H and O–H groups in total. The second-order valence-corrected chi connectivity index (χ2v) is 5.00. The van der Waals surface area contributed by atoms with E-state index in [0.29, 0.717) is 18.5 Å². The van der Waals surface area contributed by atoms with Crippen LogP contribution in [-0.2, 0) is 4.79 Å². The van der Waals surface area contributed by atoms with Crippen molar-refractivity contribution < 1.29 is 4.79 Å². The molecule has 4 nitrogen and oxygen atoms in total. The third kappa shape index (κ3) is 4.92. The van der Waals surface area contributed by atoms with Gasteiger partial charge in [-0.2, -0.15) is 5.26 Å². The maximum atomic E-state index is 11.8. The first kappa shape index (κ1) is 15.5. The molecule has 1 amide bonds. The molecule has 0 bridgehead atoms. The average Bonchev–Trinajstić information content (AvgIpc) is 2.39. The van der Waals surface area contributed by atoms with Crippen LogP contribution in [0.3, 0.4) is 0 Å². The SMILES string of the molecule is CCN(CC)C(=O)CCNc1cc(Br)cc(C#N)c1. The van der Waals surface area contributed by atoms with Gasteiger partial charge in [-0.3, -0.25) is 4.79 Å². The summed E-state index contributed by atoms with van der Waals surface area (Å²) in [5.74, 6) is 0.146. The summed E-state index contributed by atoms with van der Waals surface area (Å²) in [6.45, 7) is 6.00. The molecule has 0 atom stereocenters. The smallest absolute Gasteiger partial charge is 0.224 e. The van der Waals surface area contributed by atoms with Gasteiger partial charge in [-0.05, 0) is 32.0 Å². The number of anilines is 1. The minimum atomic E-state index is 0.146. The van der Waals surface area contributed by atoms with Gasteiger partial charge in [0, 0.05) is 36.2 Å². The van der Waals surface area contributed by atoms with E-state index in [1.54, 1.807) is 12.1 Å². The van der Waals surface area contributed by atoms with Crippen LogP contribution < -0.4 is 5.32 Å². The fourth-order valence-corrected chi connectivity index (χ4v) is 2.30. The van der Waals surface area contributed by atoms with Crippen molar-refractivity contribution in [3.63, 3.8) is 0 Å². The first-order chi connectivity index (χ1) is 9.10. The van der Waals surface area contributed by atoms with Crippen LogP contribution in [0.25, 0.3) is 0 Å². The number of hydrogen-bond acceptors (Lipinski definition) is 3. The van der Waals surface area contributed by atoms with Gasteiger partial charge in [-0.15, -0.1) is 0 Å². The monoisotopic (exact) mass is 323 g/mol. The highest BCUT2D eigenvalue weighted by Crippen LogP contribution is 2.19. The largest absolute Gasteiger partial charge is 0.384 e. The van der Waals surface area contributed by atoms with Crippen molar-refractivity contribution >= 4 is 27.5 Å². The summed E-state index contributed by atoms with van der Waals surface area (Å²) in [6, 6.07) is 7.52. The lowest BCUT2D eigenvalue weighted by atomic mass is 10.2. The first-order valence-electron chi connectivity index (χ1n) is 6.33. The molecule has 0 radical (unpaired) electrons. The van der Waals surface area contributed by atoms with E-state index in [1.165, 1.54) is 0 Å². The van der Waals surface area contributed by atoms with Gasteiger partial charge < -0.3 is 10.2 Å². The second-order valence-electron chi connectivity index (χ2n) is 4.08. The number of carbonyl (C=O) groups is 1. The Morgan fingerprint density at radius 2 is 2.05 bits per heavy atom. The van der Waals surface area contributed by atoms with Crippen molar-refractivity contribution in [3.8, 4) is 6.07 Å². The van der Waals surface area contributed by atoms with Gasteiger partial charge >= 0.3 is 0 Å². The number of benzene rings is 1. The molecule has 0 aliphatic carbocycles. The van der Waals surface area contributed by atoms with Crippen LogP contribution in [0.15, 0.2) is 22.7 Å². The van der Waals surface area contributed by atoms with Gasteiger partial charge in [0.25, 0.3) is 0 Å². The number of nitrogens with zero attached hydrogens (tertiary/aromatic N) is 2. The zero-order chi connectivity index (χ0) is 14.3. The van der Waals surface area contributed by atoms with Crippen LogP contribution in [0.5, 0.6) is 0 Å². The van der Waals surface area contributed by atoms with E-state index in [9.17, 15) is 4.79 Å². The summed E-state index contributed by atoms with van der Waals surface area (Å²) < 4.78 is 0.851. The zero-order valence-electron chi connectivity index (χ0n) is 11.2. The van der Waals surface area contributed by atoms with E-state index in [1.807, 2.05) is 24.8 Å². The van der Waals surface area contributed by atoms with Crippen molar-refractivity contribution in [1.82, 2.24) is 4.90 Å². The summed E-state index contributed by atoms with van der Waals surface area (Å²) in [7, 11) is 0. The van der Waals surface area contributed by atoms with E-state index in [0.717, 1.165) is 23.2 Å². The normalized spacial score (nSPS) is 9.79. The molecule has 0 aliphatic rings. The first-order valence-corrected chi connectivity index (χ1v) is 7.12. The molecule has 1 aromatic carbocycles. The molecule has 0 saturated heterocycles. The van der Waals surface area contributed by atoms with Gasteiger partial charge in [-0.1, -0.05) is 15.9 Å². The van der Waals surface area contributed by atoms with E-state index in [-0.39, 0.29) is 5.91 Å². The quantitative estimate of drug-likeness (QED) is 0.875. The standard InChI is InChI=1S/C14H18BrN3O/c1-3-18(4-2)14(19)5-6-17-13-8-11(10-16)7-12(15)9-13/h7-9,17H,3-6H2,1-2H3. The fourth-order valence-electron chi connectivity index (χ4n) is 1.80. The number of carbonyl (C=O) groups excluding carboxylic acids is 1. The Morgan fingerprint density at radius 3 is 2.63 bits per heavy atom. The van der Waals surface area contributed by atoms with Crippen molar-refractivity contribution in [2.75, 3.05) is 25.0 Å². The minimum Gasteiger partial charge on any atom is -0.384 e. The number of nitriles is 1. The molecular formula is C14H18BrN3O. The van der Waals surface area contributed by atoms with E-state index >= 15 is 0 Å². The van der Waals surface area contributed by atoms with Crippen LogP contribution in [0.1, 0.15) is 25.8 Å². The molecule has 1 aromatic rings. The molecule has 0 saturated carbocycles. The lowest BCUT2D eigenvalue weighted by Gasteiger charge is -2.18. The van der Waals surface area contributed by atoms with E-state index < -0.39 is 0 Å². The topological polar surface area (TPSA) is 56.1 Å². The zero-order valence-corrected chi connectivity index (χ0v) is 12.8. The number of halogens is 1. The lowest BCUT2D eigenvalue weighted by molar-refractivity contribution is -0.130. The molecule has 0 aliphatic heterocycles. The summed E-state index contributed by atoms with van der Waals surface area (Å²) >= 11 is 3.35. The van der Waals surface area contributed by atoms with Crippen LogP contribution in [-0.4, -0.2) is 30.4 Å². The van der Waals surface area contributed by atoms with Crippen LogP contribution in [0.4, 0.5) is 5.69 Å². The Balaban J connectivity index is 2.52. The number of amides is 1. The average molecular weight is 324 g/mol. The van der Waals surface area contributed by atoms with Crippen LogP contribution in [0.2, 0.25) is 0 Å². The molecule has 5 heteroatoms. The molecule has 0 unspecified atom stereocenters.